The van der Waals surface area contributed by atoms with E-state index in [1.807, 2.05) is 0 Å². The Kier molecular flexibility index (Phi) is 4.10. The smallest absolute Gasteiger partial charge is 0.142 e. The van der Waals surface area contributed by atoms with Crippen molar-refractivity contribution in [1.29, 1.82) is 0 Å². The van der Waals surface area contributed by atoms with Crippen molar-refractivity contribution in [1.82, 2.24) is 4.90 Å². The highest BCUT2D eigenvalue weighted by Gasteiger charge is 2.40. The van der Waals surface area contributed by atoms with Gasteiger partial charge in [0, 0.05) is 24.4 Å². The Labute approximate surface area is 116 Å². The number of benzene rings is 1. The van der Waals surface area contributed by atoms with Gasteiger partial charge in [0.05, 0.1) is 0 Å². The van der Waals surface area contributed by atoms with Crippen molar-refractivity contribution in [3.05, 3.63) is 35.4 Å². The fourth-order valence-electron chi connectivity index (χ4n) is 3.08. The Bertz CT molecular complexity index is 464. The second-order valence-electron chi connectivity index (χ2n) is 6.67. The predicted octanol–water partition coefficient (Wildman–Crippen LogP) is 3.43. The molecule has 0 spiro atoms. The van der Waals surface area contributed by atoms with Gasteiger partial charge >= 0.3 is 0 Å². The summed E-state index contributed by atoms with van der Waals surface area (Å²) in [5, 5.41) is 0. The second-order valence-corrected chi connectivity index (χ2v) is 6.67. The van der Waals surface area contributed by atoms with E-state index in [9.17, 15) is 4.79 Å². The van der Waals surface area contributed by atoms with Crippen LogP contribution in [0, 0.1) is 18.3 Å². The summed E-state index contributed by atoms with van der Waals surface area (Å²) in [6.45, 7) is 8.08. The summed E-state index contributed by atoms with van der Waals surface area (Å²) in [5.41, 5.74) is 2.52. The lowest BCUT2D eigenvalue weighted by atomic mass is 9.89. The number of aryl methyl sites for hydroxylation is 1. The zero-order chi connectivity index (χ0) is 14.0. The normalized spacial score (nSPS) is 22.2. The van der Waals surface area contributed by atoms with E-state index in [0.29, 0.717) is 5.78 Å². The van der Waals surface area contributed by atoms with E-state index in [0.717, 1.165) is 25.9 Å². The lowest BCUT2D eigenvalue weighted by Gasteiger charge is -2.22. The summed E-state index contributed by atoms with van der Waals surface area (Å²) in [7, 11) is 2.11. The first-order chi connectivity index (χ1) is 8.88. The third-order valence-electron chi connectivity index (χ3n) is 4.22. The molecule has 0 N–H and O–H groups in total. The van der Waals surface area contributed by atoms with E-state index in [-0.39, 0.29) is 11.3 Å². The molecule has 1 aliphatic rings. The largest absolute Gasteiger partial charge is 0.301 e. The fraction of sp³-hybridized carbons (Fsp3) is 0.588. The lowest BCUT2D eigenvalue weighted by Crippen LogP contribution is -2.31. The summed E-state index contributed by atoms with van der Waals surface area (Å²) in [5.74, 6) is 0.674. The highest BCUT2D eigenvalue weighted by atomic mass is 16.1. The monoisotopic (exact) mass is 259 g/mol. The number of rotatable bonds is 4. The number of hydrogen-bond acceptors (Lipinski definition) is 2. The van der Waals surface area contributed by atoms with Crippen LogP contribution in [0.4, 0.5) is 0 Å². The maximum Gasteiger partial charge on any atom is 0.142 e. The molecular formula is C17H25NO. The molecule has 1 aromatic rings. The molecule has 1 saturated carbocycles. The van der Waals surface area contributed by atoms with Crippen molar-refractivity contribution < 1.29 is 4.79 Å². The van der Waals surface area contributed by atoms with Crippen LogP contribution in [-0.2, 0) is 11.3 Å². The van der Waals surface area contributed by atoms with Crippen molar-refractivity contribution >= 4 is 5.78 Å². The predicted molar refractivity (Wildman–Crippen MR) is 79.0 cm³/mol. The van der Waals surface area contributed by atoms with Gasteiger partial charge in [0.2, 0.25) is 0 Å². The summed E-state index contributed by atoms with van der Waals surface area (Å²) in [6, 6.07) is 8.59. The average Bonchev–Trinajstić information content (AvgIpc) is 2.56. The number of carbonyl (C=O) groups excluding carboxylic acids is 1. The molecule has 2 rings (SSSR count). The molecule has 1 atom stereocenters. The molecule has 0 bridgehead atoms. The van der Waals surface area contributed by atoms with Crippen molar-refractivity contribution in [2.75, 3.05) is 13.6 Å². The van der Waals surface area contributed by atoms with Crippen molar-refractivity contribution in [3.8, 4) is 0 Å². The van der Waals surface area contributed by atoms with Crippen molar-refractivity contribution in [2.24, 2.45) is 11.3 Å². The van der Waals surface area contributed by atoms with Crippen molar-refractivity contribution in [2.45, 2.75) is 40.2 Å². The molecule has 0 aromatic heterocycles. The van der Waals surface area contributed by atoms with Crippen LogP contribution < -0.4 is 0 Å². The molecule has 1 aliphatic carbocycles. The SMILES string of the molecule is Cc1cccc(CN(C)CC2CCC(C)(C)C2=O)c1. The Balaban J connectivity index is 1.92. The van der Waals surface area contributed by atoms with Crippen LogP contribution in [-0.4, -0.2) is 24.3 Å². The van der Waals surface area contributed by atoms with Crippen LogP contribution in [0.5, 0.6) is 0 Å². The Hall–Kier alpha value is -1.15. The van der Waals surface area contributed by atoms with Gasteiger partial charge in [0.15, 0.2) is 0 Å². The van der Waals surface area contributed by atoms with Gasteiger partial charge in [-0.2, -0.15) is 0 Å². The molecule has 104 valence electrons. The molecule has 0 saturated heterocycles. The second kappa shape index (κ2) is 5.46. The molecule has 0 radical (unpaired) electrons. The summed E-state index contributed by atoms with van der Waals surface area (Å²) < 4.78 is 0. The Morgan fingerprint density at radius 2 is 2.11 bits per heavy atom. The maximum atomic E-state index is 12.2. The van der Waals surface area contributed by atoms with Crippen LogP contribution in [0.2, 0.25) is 0 Å². The lowest BCUT2D eigenvalue weighted by molar-refractivity contribution is -0.127. The molecule has 0 heterocycles. The molecule has 2 heteroatoms. The molecule has 0 aliphatic heterocycles. The van der Waals surface area contributed by atoms with Crippen LogP contribution in [0.25, 0.3) is 0 Å². The first-order valence-corrected chi connectivity index (χ1v) is 7.17. The highest BCUT2D eigenvalue weighted by Crippen LogP contribution is 2.37. The van der Waals surface area contributed by atoms with E-state index in [2.05, 4.69) is 57.0 Å². The standard InChI is InChI=1S/C17H25NO/c1-13-6-5-7-14(10-13)11-18(4)12-15-8-9-17(2,3)16(15)19/h5-7,10,15H,8-9,11-12H2,1-4H3. The number of carbonyl (C=O) groups is 1. The molecule has 2 nitrogen and oxygen atoms in total. The van der Waals surface area contributed by atoms with Crippen LogP contribution in [0.1, 0.15) is 37.8 Å². The van der Waals surface area contributed by atoms with Gasteiger partial charge < -0.3 is 4.90 Å². The molecule has 19 heavy (non-hydrogen) atoms. The molecular weight excluding hydrogens is 234 g/mol. The molecule has 1 aromatic carbocycles. The first-order valence-electron chi connectivity index (χ1n) is 7.17. The summed E-state index contributed by atoms with van der Waals surface area (Å²) >= 11 is 0. The zero-order valence-corrected chi connectivity index (χ0v) is 12.6. The minimum atomic E-state index is -0.102. The van der Waals surface area contributed by atoms with E-state index in [1.165, 1.54) is 11.1 Å². The highest BCUT2D eigenvalue weighted by molar-refractivity contribution is 5.88. The van der Waals surface area contributed by atoms with Crippen LogP contribution in [0.3, 0.4) is 0 Å². The van der Waals surface area contributed by atoms with E-state index >= 15 is 0 Å². The Morgan fingerprint density at radius 3 is 2.68 bits per heavy atom. The van der Waals surface area contributed by atoms with E-state index in [4.69, 9.17) is 0 Å². The van der Waals surface area contributed by atoms with Crippen LogP contribution in [0.15, 0.2) is 24.3 Å². The number of ketones is 1. The van der Waals surface area contributed by atoms with E-state index < -0.39 is 0 Å². The summed E-state index contributed by atoms with van der Waals surface area (Å²) in [6.07, 6.45) is 2.08. The molecule has 0 amide bonds. The van der Waals surface area contributed by atoms with E-state index in [1.54, 1.807) is 0 Å². The van der Waals surface area contributed by atoms with Gasteiger partial charge in [-0.15, -0.1) is 0 Å². The third-order valence-corrected chi connectivity index (χ3v) is 4.22. The first kappa shape index (κ1) is 14.3. The van der Waals surface area contributed by atoms with Gasteiger partial charge in [-0.05, 0) is 32.4 Å². The average molecular weight is 259 g/mol. The fourth-order valence-corrected chi connectivity index (χ4v) is 3.08. The minimum absolute atomic E-state index is 0.102. The molecule has 1 fully saturated rings. The summed E-state index contributed by atoms with van der Waals surface area (Å²) in [4.78, 5) is 14.5. The zero-order valence-electron chi connectivity index (χ0n) is 12.6. The van der Waals surface area contributed by atoms with Gasteiger partial charge in [-0.1, -0.05) is 43.7 Å². The minimum Gasteiger partial charge on any atom is -0.301 e. The third kappa shape index (κ3) is 3.44. The Morgan fingerprint density at radius 1 is 1.37 bits per heavy atom. The topological polar surface area (TPSA) is 20.3 Å². The number of hydrogen-bond donors (Lipinski definition) is 0. The number of nitrogens with zero attached hydrogens (tertiary/aromatic N) is 1. The quantitative estimate of drug-likeness (QED) is 0.825. The van der Waals surface area contributed by atoms with Gasteiger partial charge in [-0.3, -0.25) is 4.79 Å². The van der Waals surface area contributed by atoms with Crippen molar-refractivity contribution in [3.63, 3.8) is 0 Å². The van der Waals surface area contributed by atoms with Gasteiger partial charge in [0.25, 0.3) is 0 Å². The number of Topliss-reactive ketones (excluding diaryl/α,β-unsaturated/α-hetero) is 1. The molecule has 1 unspecified atom stereocenters. The van der Waals surface area contributed by atoms with Crippen LogP contribution >= 0.6 is 0 Å². The maximum absolute atomic E-state index is 12.2. The van der Waals surface area contributed by atoms with Gasteiger partial charge in [0.1, 0.15) is 5.78 Å². The van der Waals surface area contributed by atoms with Gasteiger partial charge in [-0.25, -0.2) is 0 Å².